The van der Waals surface area contributed by atoms with Crippen molar-refractivity contribution >= 4 is 29.3 Å². The maximum absolute atomic E-state index is 11.9. The lowest BCUT2D eigenvalue weighted by Crippen LogP contribution is -2.19. The molecule has 2 N–H and O–H groups in total. The maximum Gasteiger partial charge on any atom is 0.235 e. The summed E-state index contributed by atoms with van der Waals surface area (Å²) >= 11 is 7.29. The van der Waals surface area contributed by atoms with Gasteiger partial charge in [-0.1, -0.05) is 59.8 Å². The number of primary amides is 1. The van der Waals surface area contributed by atoms with Crippen LogP contribution in [0.25, 0.3) is 5.69 Å². The number of hydrogen-bond donors (Lipinski definition) is 1. The van der Waals surface area contributed by atoms with Crippen LogP contribution in [0, 0.1) is 0 Å². The molecule has 0 bridgehead atoms. The Bertz CT molecular complexity index is 822. The molecule has 0 radical (unpaired) electrons. The molecule has 23 heavy (non-hydrogen) atoms. The average Bonchev–Trinajstić information content (AvgIpc) is 3.01. The predicted molar refractivity (Wildman–Crippen MR) is 90.6 cm³/mol. The van der Waals surface area contributed by atoms with Crippen molar-refractivity contribution in [3.8, 4) is 5.69 Å². The van der Waals surface area contributed by atoms with Crippen molar-refractivity contribution in [3.63, 3.8) is 0 Å². The fraction of sp³-hybridized carbons (Fsp3) is 0.0625. The molecule has 0 aliphatic heterocycles. The first-order valence-corrected chi connectivity index (χ1v) is 8.08. The first-order chi connectivity index (χ1) is 11.1. The van der Waals surface area contributed by atoms with Crippen molar-refractivity contribution in [2.75, 3.05) is 0 Å². The number of rotatable bonds is 5. The summed E-state index contributed by atoms with van der Waals surface area (Å²) in [5.74, 6) is -0.429. The van der Waals surface area contributed by atoms with Gasteiger partial charge in [0.15, 0.2) is 5.16 Å². The summed E-state index contributed by atoms with van der Waals surface area (Å²) in [7, 11) is 0. The van der Waals surface area contributed by atoms with Crippen molar-refractivity contribution in [2.45, 2.75) is 10.4 Å². The van der Waals surface area contributed by atoms with Crippen LogP contribution in [0.2, 0.25) is 5.02 Å². The molecule has 0 spiro atoms. The minimum Gasteiger partial charge on any atom is -0.368 e. The van der Waals surface area contributed by atoms with Crippen LogP contribution < -0.4 is 5.73 Å². The highest BCUT2D eigenvalue weighted by Gasteiger charge is 2.22. The monoisotopic (exact) mass is 344 g/mol. The molecule has 0 saturated carbocycles. The van der Waals surface area contributed by atoms with Gasteiger partial charge in [0.05, 0.1) is 5.69 Å². The standard InChI is InChI=1S/C16H13ClN4OS/c17-12-7-4-8-13(9-12)21-10-19-20-16(21)23-14(15(18)22)11-5-2-1-3-6-11/h1-10,14H,(H2,18,22)/t14-/m1/s1. The normalized spacial score (nSPS) is 12.0. The Morgan fingerprint density at radius 1 is 1.17 bits per heavy atom. The smallest absolute Gasteiger partial charge is 0.235 e. The molecular formula is C16H13ClN4OS. The molecule has 3 aromatic rings. The summed E-state index contributed by atoms with van der Waals surface area (Å²) in [6, 6.07) is 16.7. The van der Waals surface area contributed by atoms with Gasteiger partial charge in [-0.3, -0.25) is 9.36 Å². The SMILES string of the molecule is NC(=O)[C@H](Sc1nncn1-c1cccc(Cl)c1)c1ccccc1. The Hall–Kier alpha value is -2.31. The van der Waals surface area contributed by atoms with Crippen molar-refractivity contribution < 1.29 is 4.79 Å². The molecule has 0 saturated heterocycles. The lowest BCUT2D eigenvalue weighted by atomic mass is 10.1. The molecule has 5 nitrogen and oxygen atoms in total. The van der Waals surface area contributed by atoms with Gasteiger partial charge in [-0.25, -0.2) is 0 Å². The zero-order chi connectivity index (χ0) is 16.2. The van der Waals surface area contributed by atoms with Crippen LogP contribution in [0.3, 0.4) is 0 Å². The fourth-order valence-electron chi connectivity index (χ4n) is 2.13. The molecule has 3 rings (SSSR count). The van der Waals surface area contributed by atoms with E-state index in [0.29, 0.717) is 10.2 Å². The number of nitrogens with zero attached hydrogens (tertiary/aromatic N) is 3. The zero-order valence-corrected chi connectivity index (χ0v) is 13.5. The summed E-state index contributed by atoms with van der Waals surface area (Å²) in [4.78, 5) is 11.9. The number of carbonyl (C=O) groups is 1. The van der Waals surface area contributed by atoms with Crippen molar-refractivity contribution in [1.82, 2.24) is 14.8 Å². The summed E-state index contributed by atoms with van der Waals surface area (Å²) in [6.45, 7) is 0. The largest absolute Gasteiger partial charge is 0.368 e. The third kappa shape index (κ3) is 3.55. The van der Waals surface area contributed by atoms with E-state index < -0.39 is 11.2 Å². The Morgan fingerprint density at radius 2 is 1.96 bits per heavy atom. The van der Waals surface area contributed by atoms with Gasteiger partial charge in [0.25, 0.3) is 0 Å². The van der Waals surface area contributed by atoms with Gasteiger partial charge < -0.3 is 5.73 Å². The van der Waals surface area contributed by atoms with Gasteiger partial charge in [-0.15, -0.1) is 10.2 Å². The topological polar surface area (TPSA) is 73.8 Å². The summed E-state index contributed by atoms with van der Waals surface area (Å²) < 4.78 is 1.77. The van der Waals surface area contributed by atoms with E-state index in [9.17, 15) is 4.79 Å². The summed E-state index contributed by atoms with van der Waals surface area (Å²) in [6.07, 6.45) is 1.58. The number of aromatic nitrogens is 3. The molecule has 2 aromatic carbocycles. The minimum atomic E-state index is -0.543. The van der Waals surface area contributed by atoms with Gasteiger partial charge in [0, 0.05) is 5.02 Å². The first kappa shape index (κ1) is 15.6. The molecule has 0 unspecified atom stereocenters. The molecular weight excluding hydrogens is 332 g/mol. The number of benzene rings is 2. The fourth-order valence-corrected chi connectivity index (χ4v) is 3.30. The second-order valence-electron chi connectivity index (χ2n) is 4.77. The van der Waals surface area contributed by atoms with Crippen molar-refractivity contribution in [1.29, 1.82) is 0 Å². The number of hydrogen-bond acceptors (Lipinski definition) is 4. The molecule has 0 aliphatic carbocycles. The molecule has 0 aliphatic rings. The lowest BCUT2D eigenvalue weighted by Gasteiger charge is -2.13. The number of amides is 1. The molecule has 116 valence electrons. The highest BCUT2D eigenvalue weighted by molar-refractivity contribution is 8.00. The quantitative estimate of drug-likeness (QED) is 0.721. The second kappa shape index (κ2) is 6.85. The minimum absolute atomic E-state index is 0.429. The number of halogens is 1. The molecule has 1 atom stereocenters. The van der Waals surface area contributed by atoms with Crippen LogP contribution in [-0.4, -0.2) is 20.7 Å². The second-order valence-corrected chi connectivity index (χ2v) is 6.28. The van der Waals surface area contributed by atoms with Crippen LogP contribution in [0.1, 0.15) is 10.8 Å². The first-order valence-electron chi connectivity index (χ1n) is 6.82. The molecule has 7 heteroatoms. The van der Waals surface area contributed by atoms with Crippen LogP contribution in [0.5, 0.6) is 0 Å². The van der Waals surface area contributed by atoms with E-state index in [2.05, 4.69) is 10.2 Å². The van der Waals surface area contributed by atoms with Crippen LogP contribution >= 0.6 is 23.4 Å². The Kier molecular flexibility index (Phi) is 4.64. The number of carbonyl (C=O) groups excluding carboxylic acids is 1. The molecule has 1 amide bonds. The van der Waals surface area contributed by atoms with E-state index in [1.165, 1.54) is 11.8 Å². The van der Waals surface area contributed by atoms with Gasteiger partial charge in [0.1, 0.15) is 11.6 Å². The van der Waals surface area contributed by atoms with Crippen molar-refractivity contribution in [2.24, 2.45) is 5.73 Å². The summed E-state index contributed by atoms with van der Waals surface area (Å²) in [5, 5.41) is 8.66. The van der Waals surface area contributed by atoms with E-state index in [0.717, 1.165) is 11.3 Å². The Balaban J connectivity index is 1.94. The predicted octanol–water partition coefficient (Wildman–Crippen LogP) is 3.24. The van der Waals surface area contributed by atoms with E-state index in [1.54, 1.807) is 23.0 Å². The molecule has 1 heterocycles. The van der Waals surface area contributed by atoms with E-state index in [4.69, 9.17) is 17.3 Å². The number of thioether (sulfide) groups is 1. The number of nitrogens with two attached hydrogens (primary N) is 1. The molecule has 0 fully saturated rings. The van der Waals surface area contributed by atoms with E-state index >= 15 is 0 Å². The zero-order valence-electron chi connectivity index (χ0n) is 12.0. The van der Waals surface area contributed by atoms with E-state index in [-0.39, 0.29) is 0 Å². The lowest BCUT2D eigenvalue weighted by molar-refractivity contribution is -0.117. The van der Waals surface area contributed by atoms with Gasteiger partial charge in [0.2, 0.25) is 5.91 Å². The maximum atomic E-state index is 11.9. The third-order valence-electron chi connectivity index (χ3n) is 3.19. The highest BCUT2D eigenvalue weighted by Crippen LogP contribution is 2.34. The van der Waals surface area contributed by atoms with Crippen molar-refractivity contribution in [3.05, 3.63) is 71.5 Å². The Labute approximate surface area is 142 Å². The summed E-state index contributed by atoms with van der Waals surface area (Å²) in [5.41, 5.74) is 7.21. The van der Waals surface area contributed by atoms with Gasteiger partial charge >= 0.3 is 0 Å². The third-order valence-corrected chi connectivity index (χ3v) is 4.65. The average molecular weight is 345 g/mol. The Morgan fingerprint density at radius 3 is 2.65 bits per heavy atom. The van der Waals surface area contributed by atoms with Gasteiger partial charge in [-0.2, -0.15) is 0 Å². The van der Waals surface area contributed by atoms with Crippen LogP contribution in [0.15, 0.2) is 66.1 Å². The van der Waals surface area contributed by atoms with E-state index in [1.807, 2.05) is 42.5 Å². The molecule has 1 aromatic heterocycles. The van der Waals surface area contributed by atoms with Gasteiger partial charge in [-0.05, 0) is 23.8 Å². The van der Waals surface area contributed by atoms with Crippen LogP contribution in [-0.2, 0) is 4.79 Å². The highest BCUT2D eigenvalue weighted by atomic mass is 35.5. The van der Waals surface area contributed by atoms with Crippen LogP contribution in [0.4, 0.5) is 0 Å².